The van der Waals surface area contributed by atoms with Gasteiger partial charge < -0.3 is 10.2 Å². The maximum Gasteiger partial charge on any atom is 0.223 e. The second kappa shape index (κ2) is 9.73. The van der Waals surface area contributed by atoms with E-state index in [4.69, 9.17) is 0 Å². The Morgan fingerprint density at radius 2 is 1.82 bits per heavy atom. The van der Waals surface area contributed by atoms with E-state index in [0.29, 0.717) is 24.8 Å². The number of amides is 1. The van der Waals surface area contributed by atoms with Crippen molar-refractivity contribution in [2.75, 3.05) is 31.6 Å². The fourth-order valence-electron chi connectivity index (χ4n) is 3.23. The summed E-state index contributed by atoms with van der Waals surface area (Å²) in [4.78, 5) is 14.2. The predicted molar refractivity (Wildman–Crippen MR) is 93.2 cm³/mol. The van der Waals surface area contributed by atoms with Gasteiger partial charge in [0, 0.05) is 25.3 Å². The standard InChI is InChI=1S/C15H30N2O3S.ClH/c1-5-17(13(3)11-21(4,19)20)15(18)10-12(2)14-6-8-16-9-7-14;/h12-14,16H,5-11H2,1-4H3;1H. The fraction of sp³-hybridized carbons (Fsp3) is 0.933. The largest absolute Gasteiger partial charge is 0.339 e. The first-order valence-electron chi connectivity index (χ1n) is 7.92. The molecule has 0 bridgehead atoms. The number of nitrogens with one attached hydrogen (secondary N) is 1. The number of hydrogen-bond acceptors (Lipinski definition) is 4. The van der Waals surface area contributed by atoms with Crippen molar-refractivity contribution in [3.05, 3.63) is 0 Å². The maximum absolute atomic E-state index is 12.5. The van der Waals surface area contributed by atoms with Crippen LogP contribution in [0.4, 0.5) is 0 Å². The molecule has 0 spiro atoms. The quantitative estimate of drug-likeness (QED) is 0.755. The Bertz CT molecular complexity index is 436. The molecule has 0 aromatic carbocycles. The summed E-state index contributed by atoms with van der Waals surface area (Å²) in [5.41, 5.74) is 0. The van der Waals surface area contributed by atoms with Gasteiger partial charge in [-0.15, -0.1) is 12.4 Å². The summed E-state index contributed by atoms with van der Waals surface area (Å²) in [6.07, 6.45) is 3.99. The fourth-order valence-corrected chi connectivity index (χ4v) is 4.29. The van der Waals surface area contributed by atoms with Crippen LogP contribution in [0.15, 0.2) is 0 Å². The van der Waals surface area contributed by atoms with Crippen LogP contribution in [-0.4, -0.2) is 56.9 Å². The van der Waals surface area contributed by atoms with Crippen LogP contribution in [0.2, 0.25) is 0 Å². The molecular weight excluding hydrogens is 324 g/mol. The maximum atomic E-state index is 12.5. The Kier molecular flexibility index (Phi) is 9.58. The van der Waals surface area contributed by atoms with Crippen LogP contribution in [0.3, 0.4) is 0 Å². The summed E-state index contributed by atoms with van der Waals surface area (Å²) >= 11 is 0. The summed E-state index contributed by atoms with van der Waals surface area (Å²) in [5.74, 6) is 1.08. The van der Waals surface area contributed by atoms with Crippen LogP contribution in [0.25, 0.3) is 0 Å². The number of halogens is 1. The molecule has 2 atom stereocenters. The average molecular weight is 355 g/mol. The normalized spacial score (nSPS) is 19.1. The Morgan fingerprint density at radius 1 is 1.27 bits per heavy atom. The van der Waals surface area contributed by atoms with Gasteiger partial charge in [0.1, 0.15) is 9.84 Å². The zero-order chi connectivity index (χ0) is 16.0. The summed E-state index contributed by atoms with van der Waals surface area (Å²) in [7, 11) is -3.06. The predicted octanol–water partition coefficient (Wildman–Crippen LogP) is 1.72. The molecule has 0 aromatic heterocycles. The molecule has 132 valence electrons. The molecule has 1 aliphatic heterocycles. The first kappa shape index (κ1) is 21.7. The lowest BCUT2D eigenvalue weighted by molar-refractivity contribution is -0.133. The summed E-state index contributed by atoms with van der Waals surface area (Å²) in [5, 5.41) is 3.34. The number of hydrogen-bond donors (Lipinski definition) is 1. The third kappa shape index (κ3) is 7.29. The highest BCUT2D eigenvalue weighted by Gasteiger charge is 2.26. The molecule has 22 heavy (non-hydrogen) atoms. The van der Waals surface area contributed by atoms with Gasteiger partial charge in [-0.05, 0) is 51.6 Å². The van der Waals surface area contributed by atoms with E-state index in [9.17, 15) is 13.2 Å². The van der Waals surface area contributed by atoms with E-state index in [1.54, 1.807) is 4.90 Å². The zero-order valence-electron chi connectivity index (χ0n) is 14.2. The van der Waals surface area contributed by atoms with Gasteiger partial charge in [0.05, 0.1) is 5.75 Å². The van der Waals surface area contributed by atoms with E-state index in [1.807, 2.05) is 13.8 Å². The molecule has 5 nitrogen and oxygen atoms in total. The SMILES string of the molecule is CCN(C(=O)CC(C)C1CCNCC1)C(C)CS(C)(=O)=O.Cl. The minimum absolute atomic E-state index is 0. The van der Waals surface area contributed by atoms with Crippen molar-refractivity contribution in [1.29, 1.82) is 0 Å². The molecule has 0 saturated carbocycles. The first-order chi connectivity index (χ1) is 9.74. The Morgan fingerprint density at radius 3 is 2.27 bits per heavy atom. The number of rotatable bonds is 7. The number of piperidine rings is 1. The minimum Gasteiger partial charge on any atom is -0.339 e. The van der Waals surface area contributed by atoms with E-state index in [-0.39, 0.29) is 30.1 Å². The number of carbonyl (C=O) groups excluding carboxylic acids is 1. The molecule has 1 heterocycles. The van der Waals surface area contributed by atoms with Gasteiger partial charge in [-0.25, -0.2) is 8.42 Å². The number of sulfone groups is 1. The van der Waals surface area contributed by atoms with E-state index in [1.165, 1.54) is 6.26 Å². The lowest BCUT2D eigenvalue weighted by Crippen LogP contribution is -2.43. The van der Waals surface area contributed by atoms with Crippen LogP contribution in [-0.2, 0) is 14.6 Å². The van der Waals surface area contributed by atoms with Gasteiger partial charge in [0.15, 0.2) is 0 Å². The van der Waals surface area contributed by atoms with Crippen molar-refractivity contribution in [3.63, 3.8) is 0 Å². The lowest BCUT2D eigenvalue weighted by Gasteiger charge is -2.32. The lowest BCUT2D eigenvalue weighted by atomic mass is 9.84. The van der Waals surface area contributed by atoms with Gasteiger partial charge in [0.2, 0.25) is 5.91 Å². The van der Waals surface area contributed by atoms with Crippen LogP contribution in [0.5, 0.6) is 0 Å². The minimum atomic E-state index is -3.06. The van der Waals surface area contributed by atoms with Crippen LogP contribution >= 0.6 is 12.4 Å². The molecule has 0 radical (unpaired) electrons. The monoisotopic (exact) mass is 354 g/mol. The van der Waals surface area contributed by atoms with Crippen LogP contribution in [0, 0.1) is 11.8 Å². The zero-order valence-corrected chi connectivity index (χ0v) is 15.8. The highest BCUT2D eigenvalue weighted by Crippen LogP contribution is 2.25. The number of carbonyl (C=O) groups is 1. The van der Waals surface area contributed by atoms with E-state index in [0.717, 1.165) is 25.9 Å². The second-order valence-corrected chi connectivity index (χ2v) is 8.57. The first-order valence-corrected chi connectivity index (χ1v) is 9.98. The van der Waals surface area contributed by atoms with E-state index in [2.05, 4.69) is 12.2 Å². The van der Waals surface area contributed by atoms with E-state index < -0.39 is 9.84 Å². The van der Waals surface area contributed by atoms with E-state index >= 15 is 0 Å². The van der Waals surface area contributed by atoms with Crippen molar-refractivity contribution in [2.24, 2.45) is 11.8 Å². The highest BCUT2D eigenvalue weighted by molar-refractivity contribution is 7.90. The number of nitrogens with zero attached hydrogens (tertiary/aromatic N) is 1. The summed E-state index contributed by atoms with van der Waals surface area (Å²) in [6.45, 7) is 8.50. The van der Waals surface area contributed by atoms with Gasteiger partial charge in [-0.3, -0.25) is 4.79 Å². The molecule has 2 unspecified atom stereocenters. The molecule has 1 fully saturated rings. The molecule has 1 amide bonds. The van der Waals surface area contributed by atoms with Crippen molar-refractivity contribution in [2.45, 2.75) is 46.1 Å². The Labute approximate surface area is 141 Å². The molecule has 1 saturated heterocycles. The topological polar surface area (TPSA) is 66.5 Å². The molecular formula is C15H31ClN2O3S. The third-order valence-corrected chi connectivity index (χ3v) is 5.51. The van der Waals surface area contributed by atoms with Crippen molar-refractivity contribution in [1.82, 2.24) is 10.2 Å². The molecule has 7 heteroatoms. The third-order valence-electron chi connectivity index (χ3n) is 4.42. The van der Waals surface area contributed by atoms with Crippen molar-refractivity contribution < 1.29 is 13.2 Å². The smallest absolute Gasteiger partial charge is 0.223 e. The molecule has 1 N–H and O–H groups in total. The van der Waals surface area contributed by atoms with Gasteiger partial charge in [-0.2, -0.15) is 0 Å². The Hall–Kier alpha value is -0.330. The second-order valence-electron chi connectivity index (χ2n) is 6.39. The van der Waals surface area contributed by atoms with Gasteiger partial charge in [0.25, 0.3) is 0 Å². The van der Waals surface area contributed by atoms with Crippen LogP contribution in [0.1, 0.15) is 40.0 Å². The van der Waals surface area contributed by atoms with Crippen LogP contribution < -0.4 is 5.32 Å². The van der Waals surface area contributed by atoms with Gasteiger partial charge in [-0.1, -0.05) is 6.92 Å². The Balaban J connectivity index is 0.00000441. The summed E-state index contributed by atoms with van der Waals surface area (Å²) in [6, 6.07) is -0.252. The molecule has 1 rings (SSSR count). The molecule has 0 aromatic rings. The molecule has 0 aliphatic carbocycles. The van der Waals surface area contributed by atoms with Gasteiger partial charge >= 0.3 is 0 Å². The molecule has 1 aliphatic rings. The van der Waals surface area contributed by atoms with Crippen molar-refractivity contribution in [3.8, 4) is 0 Å². The van der Waals surface area contributed by atoms with Crippen molar-refractivity contribution >= 4 is 28.2 Å². The summed E-state index contributed by atoms with van der Waals surface area (Å²) < 4.78 is 22.8. The highest BCUT2D eigenvalue weighted by atomic mass is 35.5. The average Bonchev–Trinajstić information content (AvgIpc) is 2.38.